The molecule has 21 nitrogen and oxygen atoms in total. The van der Waals surface area contributed by atoms with Gasteiger partial charge in [-0.05, 0) is 22.3 Å². The molecule has 0 saturated carbocycles. The Kier molecular flexibility index (Phi) is 12.0. The van der Waals surface area contributed by atoms with Gasteiger partial charge in [-0.25, -0.2) is 9.59 Å². The molecule has 3 unspecified atom stereocenters. The molecule has 0 spiro atoms. The van der Waals surface area contributed by atoms with Gasteiger partial charge in [0.25, 0.3) is 42.2 Å². The predicted octanol–water partition coefficient (Wildman–Crippen LogP) is -1.87. The van der Waals surface area contributed by atoms with Gasteiger partial charge in [0.1, 0.15) is 42.0 Å². The molecule has 1 aliphatic carbocycles. The van der Waals surface area contributed by atoms with Crippen molar-refractivity contribution in [3.05, 3.63) is 59.7 Å². The number of hydrogen-bond acceptors (Lipinski definition) is 14. The fourth-order valence-corrected chi connectivity index (χ4v) is 7.26. The lowest BCUT2D eigenvalue weighted by atomic mass is 9.98. The maximum atomic E-state index is 13.2. The summed E-state index contributed by atoms with van der Waals surface area (Å²) in [6.45, 7) is -0.326. The second-order valence-electron chi connectivity index (χ2n) is 11.4. The molecular weight excluding hydrogens is 761 g/mol. The minimum Gasteiger partial charge on any atom is -0.449 e. The average Bonchev–Trinajstić information content (AvgIpc) is 3.52. The summed E-state index contributed by atoms with van der Waals surface area (Å²) in [4.78, 5) is 79.9. The number of nitrogens with zero attached hydrogens (tertiary/aromatic N) is 1. The van der Waals surface area contributed by atoms with Crippen LogP contribution in [-0.4, -0.2) is 122 Å². The van der Waals surface area contributed by atoms with Crippen LogP contribution in [0, 0.1) is 0 Å². The van der Waals surface area contributed by atoms with E-state index in [1.165, 1.54) is 0 Å². The molecule has 1 fully saturated rings. The van der Waals surface area contributed by atoms with Crippen LogP contribution in [0.1, 0.15) is 29.9 Å². The second-order valence-corrected chi connectivity index (χ2v) is 15.9. The van der Waals surface area contributed by atoms with Gasteiger partial charge >= 0.3 is 12.1 Å². The molecule has 1 saturated heterocycles. The topological polar surface area (TPSA) is 323 Å². The summed E-state index contributed by atoms with van der Waals surface area (Å²) >= 11 is 0. The number of benzene rings is 2. The molecule has 24 heteroatoms. The third kappa shape index (κ3) is 10.8. The lowest BCUT2D eigenvalue weighted by Gasteiger charge is -2.24. The molecule has 1 heterocycles. The van der Waals surface area contributed by atoms with Crippen LogP contribution in [0.2, 0.25) is 0 Å². The third-order valence-corrected chi connectivity index (χ3v) is 9.77. The van der Waals surface area contributed by atoms with Gasteiger partial charge in [-0.3, -0.25) is 32.8 Å². The van der Waals surface area contributed by atoms with E-state index < -0.39 is 120 Å². The minimum atomic E-state index is -5.23. The summed E-state index contributed by atoms with van der Waals surface area (Å²) in [5, 5.41) is 5.16. The first-order chi connectivity index (χ1) is 24.1. The summed E-state index contributed by atoms with van der Waals surface area (Å²) < 4.78 is 103. The van der Waals surface area contributed by atoms with E-state index in [0.717, 1.165) is 22.3 Å². The molecule has 0 radical (unpaired) electrons. The number of carbonyl (C=O) groups excluding carboxylic acids is 6. The van der Waals surface area contributed by atoms with Crippen LogP contribution in [0.4, 0.5) is 4.79 Å². The molecule has 52 heavy (non-hydrogen) atoms. The molecular formula is C28H30N4O17S3. The Morgan fingerprint density at radius 3 is 1.54 bits per heavy atom. The number of nitrogens with one attached hydrogen (secondary N) is 3. The van der Waals surface area contributed by atoms with E-state index in [0.29, 0.717) is 0 Å². The molecule has 0 aromatic heterocycles. The SMILES string of the molecule is O=C(NC(CS(=O)(=O)O)C(=O)NC(CS(=O)(=O)O)C(=O)NC(CS(=O)(=O)O)C(=O)ON1C(=O)CCC1=O)OCC1c2ccccc2-c2ccccc21. The Bertz CT molecular complexity index is 2060. The zero-order valence-corrected chi connectivity index (χ0v) is 28.8. The smallest absolute Gasteiger partial charge is 0.407 e. The fraction of sp³-hybridized carbons (Fsp3) is 0.357. The molecule has 282 valence electrons. The van der Waals surface area contributed by atoms with Crippen molar-refractivity contribution in [3.63, 3.8) is 0 Å². The van der Waals surface area contributed by atoms with Gasteiger partial charge < -0.3 is 25.5 Å². The van der Waals surface area contributed by atoms with Crippen molar-refractivity contribution in [1.82, 2.24) is 21.0 Å². The maximum Gasteiger partial charge on any atom is 0.407 e. The quantitative estimate of drug-likeness (QED) is 0.0850. The van der Waals surface area contributed by atoms with Crippen molar-refractivity contribution < 1.29 is 77.3 Å². The molecule has 0 bridgehead atoms. The summed E-state index contributed by atoms with van der Waals surface area (Å²) in [5.41, 5.74) is 3.31. The first kappa shape index (κ1) is 39.8. The Morgan fingerprint density at radius 2 is 1.08 bits per heavy atom. The fourth-order valence-electron chi connectivity index (χ4n) is 5.30. The van der Waals surface area contributed by atoms with E-state index in [4.69, 9.17) is 4.74 Å². The van der Waals surface area contributed by atoms with Gasteiger partial charge in [-0.2, -0.15) is 25.3 Å². The first-order valence-corrected chi connectivity index (χ1v) is 19.6. The van der Waals surface area contributed by atoms with Crippen molar-refractivity contribution in [2.75, 3.05) is 23.9 Å². The number of hydrogen-bond donors (Lipinski definition) is 6. The average molecular weight is 791 g/mol. The minimum absolute atomic E-state index is 0.0438. The summed E-state index contributed by atoms with van der Waals surface area (Å²) in [6.07, 6.45) is -2.18. The molecule has 6 N–H and O–H groups in total. The number of alkyl carbamates (subject to hydrolysis) is 1. The van der Waals surface area contributed by atoms with Gasteiger partial charge in [-0.15, -0.1) is 5.06 Å². The highest BCUT2D eigenvalue weighted by Gasteiger charge is 2.39. The van der Waals surface area contributed by atoms with Gasteiger partial charge in [0.05, 0.1) is 0 Å². The number of ether oxygens (including phenoxy) is 1. The number of amides is 5. The van der Waals surface area contributed by atoms with Crippen molar-refractivity contribution in [2.45, 2.75) is 36.9 Å². The number of imide groups is 1. The summed E-state index contributed by atoms with van der Waals surface area (Å²) in [5.74, 6) is -12.7. The van der Waals surface area contributed by atoms with E-state index in [-0.39, 0.29) is 11.7 Å². The Balaban J connectivity index is 1.50. The Morgan fingerprint density at radius 1 is 0.673 bits per heavy atom. The van der Waals surface area contributed by atoms with Crippen LogP contribution >= 0.6 is 0 Å². The zero-order valence-electron chi connectivity index (χ0n) is 26.4. The number of fused-ring (bicyclic) bond motifs is 3. The van der Waals surface area contributed by atoms with Crippen LogP contribution in [0.25, 0.3) is 11.1 Å². The van der Waals surface area contributed by atoms with Crippen LogP contribution < -0.4 is 16.0 Å². The summed E-state index contributed by atoms with van der Waals surface area (Å²) in [7, 11) is -15.5. The zero-order chi connectivity index (χ0) is 38.6. The number of hydroxylamine groups is 2. The van der Waals surface area contributed by atoms with Crippen LogP contribution in [-0.2, 0) is 63.9 Å². The van der Waals surface area contributed by atoms with Crippen molar-refractivity contribution >= 4 is 66.0 Å². The molecule has 5 amide bonds. The monoisotopic (exact) mass is 790 g/mol. The van der Waals surface area contributed by atoms with Crippen LogP contribution in [0.15, 0.2) is 48.5 Å². The van der Waals surface area contributed by atoms with Crippen molar-refractivity contribution in [2.24, 2.45) is 0 Å². The van der Waals surface area contributed by atoms with E-state index >= 15 is 0 Å². The molecule has 2 aromatic carbocycles. The first-order valence-electron chi connectivity index (χ1n) is 14.8. The number of carbonyl (C=O) groups is 6. The van der Waals surface area contributed by atoms with E-state index in [2.05, 4.69) is 4.84 Å². The van der Waals surface area contributed by atoms with Gasteiger partial charge in [0, 0.05) is 18.8 Å². The lowest BCUT2D eigenvalue weighted by Crippen LogP contribution is -2.59. The highest BCUT2D eigenvalue weighted by molar-refractivity contribution is 7.86. The molecule has 2 aliphatic rings. The number of rotatable bonds is 15. The Hall–Kier alpha value is -5.01. The summed E-state index contributed by atoms with van der Waals surface area (Å²) in [6, 6.07) is 7.14. The van der Waals surface area contributed by atoms with Crippen LogP contribution in [0.5, 0.6) is 0 Å². The normalized spacial score (nSPS) is 16.2. The van der Waals surface area contributed by atoms with Crippen LogP contribution in [0.3, 0.4) is 0 Å². The van der Waals surface area contributed by atoms with Gasteiger partial charge in [-0.1, -0.05) is 48.5 Å². The van der Waals surface area contributed by atoms with Crippen molar-refractivity contribution in [1.29, 1.82) is 0 Å². The molecule has 3 atom stereocenters. The van der Waals surface area contributed by atoms with Gasteiger partial charge in [0.15, 0.2) is 0 Å². The van der Waals surface area contributed by atoms with E-state index in [1.807, 2.05) is 17.4 Å². The second kappa shape index (κ2) is 15.7. The molecule has 4 rings (SSSR count). The highest BCUT2D eigenvalue weighted by atomic mass is 32.2. The maximum absolute atomic E-state index is 13.2. The van der Waals surface area contributed by atoms with Crippen molar-refractivity contribution in [3.8, 4) is 11.1 Å². The van der Waals surface area contributed by atoms with E-state index in [9.17, 15) is 67.7 Å². The standard InChI is InChI=1S/C28H30N4O17S3/c33-23-9-10-24(34)32(23)49-27(37)22(14-52(45,46)47)30-25(35)20(12-50(39,40)41)29-26(36)21(13-51(42,43)44)31-28(38)48-11-19-17-7-3-1-5-15(17)16-6-2-4-8-18(16)19/h1-8,19-22H,9-14H2,(H,29,36)(H,30,35)(H,31,38)(H,39,40,41)(H,42,43,44)(H,45,46,47). The van der Waals surface area contributed by atoms with E-state index in [1.54, 1.807) is 47.0 Å². The van der Waals surface area contributed by atoms with Gasteiger partial charge in [0.2, 0.25) is 11.8 Å². The highest BCUT2D eigenvalue weighted by Crippen LogP contribution is 2.44. The molecule has 2 aromatic rings. The third-order valence-electron chi connectivity index (χ3n) is 7.51. The Labute approximate surface area is 295 Å². The lowest BCUT2D eigenvalue weighted by molar-refractivity contribution is -0.198. The largest absolute Gasteiger partial charge is 0.449 e. The predicted molar refractivity (Wildman–Crippen MR) is 172 cm³/mol. The molecule has 1 aliphatic heterocycles.